The van der Waals surface area contributed by atoms with Gasteiger partial charge in [-0.15, -0.1) is 0 Å². The van der Waals surface area contributed by atoms with Crippen molar-refractivity contribution in [3.05, 3.63) is 29.8 Å². The summed E-state index contributed by atoms with van der Waals surface area (Å²) in [5.74, 6) is 0. The molecule has 1 aromatic carbocycles. The molecule has 1 saturated heterocycles. The molecule has 0 radical (unpaired) electrons. The van der Waals surface area contributed by atoms with Gasteiger partial charge in [0.2, 0.25) is 0 Å². The molecule has 0 aromatic heterocycles. The van der Waals surface area contributed by atoms with Crippen LogP contribution in [0, 0.1) is 5.41 Å². The molecular formula is C17H26N2. The molecule has 1 spiro atoms. The van der Waals surface area contributed by atoms with Crippen molar-refractivity contribution in [3.63, 3.8) is 0 Å². The normalized spacial score (nSPS) is 24.7. The summed E-state index contributed by atoms with van der Waals surface area (Å²) in [6.07, 6.45) is 8.66. The van der Waals surface area contributed by atoms with E-state index >= 15 is 0 Å². The minimum atomic E-state index is 0.468. The van der Waals surface area contributed by atoms with Crippen LogP contribution >= 0.6 is 0 Å². The average Bonchev–Trinajstić information content (AvgIpc) is 2.62. The second-order valence-corrected chi connectivity index (χ2v) is 6.62. The molecule has 2 nitrogen and oxygen atoms in total. The number of para-hydroxylation sites is 1. The number of nitrogen functional groups attached to an aromatic ring is 1. The molecule has 1 aliphatic carbocycles. The summed E-state index contributed by atoms with van der Waals surface area (Å²) in [6, 6.07) is 8.79. The van der Waals surface area contributed by atoms with E-state index in [-0.39, 0.29) is 0 Å². The number of hydrogen-bond donors (Lipinski definition) is 1. The summed E-state index contributed by atoms with van der Waals surface area (Å²) in [5, 5.41) is 0. The first-order valence-electron chi connectivity index (χ1n) is 7.79. The van der Waals surface area contributed by atoms with Crippen molar-refractivity contribution < 1.29 is 0 Å². The first-order valence-corrected chi connectivity index (χ1v) is 7.79. The van der Waals surface area contributed by atoms with Gasteiger partial charge < -0.3 is 5.73 Å². The smallest absolute Gasteiger partial charge is 0.0362 e. The number of nitrogens with zero attached hydrogens (tertiary/aromatic N) is 1. The van der Waals surface area contributed by atoms with E-state index in [2.05, 4.69) is 24.0 Å². The maximum atomic E-state index is 6.11. The molecule has 1 aromatic rings. The molecular weight excluding hydrogens is 232 g/mol. The van der Waals surface area contributed by atoms with Crippen molar-refractivity contribution in [2.75, 3.05) is 18.8 Å². The predicted molar refractivity (Wildman–Crippen MR) is 81.0 cm³/mol. The molecule has 1 aliphatic heterocycles. The molecule has 2 fully saturated rings. The van der Waals surface area contributed by atoms with Gasteiger partial charge in [0.1, 0.15) is 0 Å². The Labute approximate surface area is 117 Å². The number of benzene rings is 1. The molecule has 104 valence electrons. The fourth-order valence-corrected chi connectivity index (χ4v) is 3.97. The Kier molecular flexibility index (Phi) is 3.53. The van der Waals surface area contributed by atoms with Gasteiger partial charge in [-0.3, -0.25) is 4.90 Å². The van der Waals surface area contributed by atoms with Crippen LogP contribution in [0.4, 0.5) is 5.69 Å². The average molecular weight is 258 g/mol. The summed E-state index contributed by atoms with van der Waals surface area (Å²) < 4.78 is 0. The van der Waals surface area contributed by atoms with Crippen LogP contribution < -0.4 is 5.73 Å². The van der Waals surface area contributed by atoms with E-state index in [4.69, 9.17) is 5.73 Å². The molecule has 19 heavy (non-hydrogen) atoms. The van der Waals surface area contributed by atoms with E-state index in [1.54, 1.807) is 0 Å². The Morgan fingerprint density at radius 2 is 1.68 bits per heavy atom. The van der Waals surface area contributed by atoms with Crippen molar-refractivity contribution in [1.29, 1.82) is 0 Å². The standard InChI is InChI=1S/C17H26N2/c1-14(15-8-4-5-9-16(15)18)19-12-17(13-19)10-6-2-3-7-11-17/h4-5,8-9,14H,2-3,6-7,10-13,18H2,1H3. The molecule has 1 unspecified atom stereocenters. The topological polar surface area (TPSA) is 29.3 Å². The fraction of sp³-hybridized carbons (Fsp3) is 0.647. The van der Waals surface area contributed by atoms with Crippen LogP contribution in [0.3, 0.4) is 0 Å². The maximum absolute atomic E-state index is 6.11. The highest BCUT2D eigenvalue weighted by molar-refractivity contribution is 5.48. The van der Waals surface area contributed by atoms with Gasteiger partial charge in [-0.05, 0) is 36.8 Å². The Morgan fingerprint density at radius 3 is 2.32 bits per heavy atom. The third-order valence-electron chi connectivity index (χ3n) is 5.24. The highest BCUT2D eigenvalue weighted by Gasteiger charge is 2.44. The molecule has 0 bridgehead atoms. The SMILES string of the molecule is CC(c1ccccc1N)N1CC2(CCCCCC2)C1. The number of likely N-dealkylation sites (tertiary alicyclic amines) is 1. The summed E-state index contributed by atoms with van der Waals surface area (Å²) >= 11 is 0. The van der Waals surface area contributed by atoms with E-state index in [9.17, 15) is 0 Å². The van der Waals surface area contributed by atoms with Gasteiger partial charge >= 0.3 is 0 Å². The highest BCUT2D eigenvalue weighted by Crippen LogP contribution is 2.46. The Hall–Kier alpha value is -1.02. The Morgan fingerprint density at radius 1 is 1.05 bits per heavy atom. The van der Waals surface area contributed by atoms with Gasteiger partial charge in [-0.2, -0.15) is 0 Å². The van der Waals surface area contributed by atoms with E-state index in [0.717, 1.165) is 5.69 Å². The maximum Gasteiger partial charge on any atom is 0.0362 e. The lowest BCUT2D eigenvalue weighted by molar-refractivity contribution is -0.0378. The van der Waals surface area contributed by atoms with Gasteiger partial charge in [0.25, 0.3) is 0 Å². The molecule has 2 heteroatoms. The number of anilines is 1. The Balaban J connectivity index is 1.65. The van der Waals surface area contributed by atoms with Gasteiger partial charge in [-0.25, -0.2) is 0 Å². The van der Waals surface area contributed by atoms with Gasteiger partial charge in [0.15, 0.2) is 0 Å². The van der Waals surface area contributed by atoms with Crippen LogP contribution in [0.2, 0.25) is 0 Å². The first-order chi connectivity index (χ1) is 9.20. The van der Waals surface area contributed by atoms with E-state index in [1.165, 1.54) is 57.2 Å². The molecule has 2 N–H and O–H groups in total. The summed E-state index contributed by atoms with van der Waals surface area (Å²) in [4.78, 5) is 2.61. The van der Waals surface area contributed by atoms with Crippen molar-refractivity contribution in [3.8, 4) is 0 Å². The van der Waals surface area contributed by atoms with Gasteiger partial charge in [0, 0.05) is 24.8 Å². The lowest BCUT2D eigenvalue weighted by Gasteiger charge is -2.53. The van der Waals surface area contributed by atoms with Crippen LogP contribution in [-0.2, 0) is 0 Å². The van der Waals surface area contributed by atoms with Crippen molar-refractivity contribution in [1.82, 2.24) is 4.90 Å². The first kappa shape index (κ1) is 13.0. The highest BCUT2D eigenvalue weighted by atomic mass is 15.2. The van der Waals surface area contributed by atoms with Crippen LogP contribution in [0.1, 0.15) is 57.1 Å². The van der Waals surface area contributed by atoms with Crippen molar-refractivity contribution in [2.24, 2.45) is 5.41 Å². The van der Waals surface area contributed by atoms with Crippen LogP contribution in [0.25, 0.3) is 0 Å². The summed E-state index contributed by atoms with van der Waals surface area (Å²) in [7, 11) is 0. The molecule has 2 aliphatic rings. The zero-order chi connectivity index (χ0) is 13.3. The van der Waals surface area contributed by atoms with E-state index in [0.29, 0.717) is 11.5 Å². The number of nitrogens with two attached hydrogens (primary N) is 1. The zero-order valence-corrected chi connectivity index (χ0v) is 12.1. The van der Waals surface area contributed by atoms with Crippen LogP contribution in [0.5, 0.6) is 0 Å². The minimum Gasteiger partial charge on any atom is -0.398 e. The quantitative estimate of drug-likeness (QED) is 0.813. The van der Waals surface area contributed by atoms with Crippen LogP contribution in [0.15, 0.2) is 24.3 Å². The third-order valence-corrected chi connectivity index (χ3v) is 5.24. The predicted octanol–water partition coefficient (Wildman–Crippen LogP) is 3.99. The van der Waals surface area contributed by atoms with E-state index in [1.807, 2.05) is 12.1 Å². The lowest BCUT2D eigenvalue weighted by atomic mass is 9.72. The van der Waals surface area contributed by atoms with Crippen molar-refractivity contribution in [2.45, 2.75) is 51.5 Å². The van der Waals surface area contributed by atoms with Crippen molar-refractivity contribution >= 4 is 5.69 Å². The monoisotopic (exact) mass is 258 g/mol. The summed E-state index contributed by atoms with van der Waals surface area (Å²) in [5.41, 5.74) is 8.99. The fourth-order valence-electron chi connectivity index (χ4n) is 3.97. The molecule has 1 heterocycles. The second-order valence-electron chi connectivity index (χ2n) is 6.62. The zero-order valence-electron chi connectivity index (χ0n) is 12.1. The lowest BCUT2D eigenvalue weighted by Crippen LogP contribution is -2.56. The largest absolute Gasteiger partial charge is 0.398 e. The minimum absolute atomic E-state index is 0.468. The Bertz CT molecular complexity index is 425. The summed E-state index contributed by atoms with van der Waals surface area (Å²) in [6.45, 7) is 4.86. The molecule has 1 atom stereocenters. The molecule has 3 rings (SSSR count). The van der Waals surface area contributed by atoms with Gasteiger partial charge in [-0.1, -0.05) is 43.9 Å². The number of hydrogen-bond acceptors (Lipinski definition) is 2. The van der Waals surface area contributed by atoms with Crippen LogP contribution in [-0.4, -0.2) is 18.0 Å². The number of rotatable bonds is 2. The molecule has 0 amide bonds. The van der Waals surface area contributed by atoms with E-state index < -0.39 is 0 Å². The third kappa shape index (κ3) is 2.51. The molecule has 1 saturated carbocycles. The van der Waals surface area contributed by atoms with Gasteiger partial charge in [0.05, 0.1) is 0 Å². The second kappa shape index (κ2) is 5.16.